The maximum atomic E-state index is 10.3. The van der Waals surface area contributed by atoms with Gasteiger partial charge in [0.25, 0.3) is 11.4 Å². The minimum Gasteiger partial charge on any atom is -0.329 e. The molecule has 0 aliphatic rings. The van der Waals surface area contributed by atoms with Crippen molar-refractivity contribution in [2.45, 2.75) is 0 Å². The Morgan fingerprint density at radius 2 is 1.46 bits per heavy atom. The van der Waals surface area contributed by atoms with Gasteiger partial charge >= 0.3 is 0 Å². The van der Waals surface area contributed by atoms with Crippen LogP contribution in [0.15, 0.2) is 36.4 Å². The van der Waals surface area contributed by atoms with E-state index < -0.39 is 15.5 Å². The maximum Gasteiger partial charge on any atom is 0.294 e. The largest absolute Gasteiger partial charge is 0.329 e. The third kappa shape index (κ3) is 6.00. The van der Waals surface area contributed by atoms with Gasteiger partial charge < -0.3 is 10.6 Å². The zero-order chi connectivity index (χ0) is 19.7. The number of hydrogen-bond donors (Lipinski definition) is 2. The molecule has 0 aliphatic carbocycles. The fourth-order valence-electron chi connectivity index (χ4n) is 1.61. The summed E-state index contributed by atoms with van der Waals surface area (Å²) in [5.74, 6) is 0. The number of nitro groups is 2. The summed E-state index contributed by atoms with van der Waals surface area (Å²) in [5, 5.41) is 25.7. The van der Waals surface area contributed by atoms with Gasteiger partial charge in [0.2, 0.25) is 12.8 Å². The molecular formula is C14H10Cl2N4O6. The first-order valence-corrected chi connectivity index (χ1v) is 7.34. The van der Waals surface area contributed by atoms with Gasteiger partial charge in [-0.2, -0.15) is 0 Å². The highest BCUT2D eigenvalue weighted by molar-refractivity contribution is 6.33. The Bertz CT molecular complexity index is 846. The van der Waals surface area contributed by atoms with Crippen LogP contribution >= 0.6 is 23.2 Å². The summed E-state index contributed by atoms with van der Waals surface area (Å²) >= 11 is 11.2. The van der Waals surface area contributed by atoms with E-state index in [2.05, 4.69) is 10.6 Å². The fraction of sp³-hybridized carbons (Fsp3) is 0. The first-order valence-electron chi connectivity index (χ1n) is 6.58. The highest BCUT2D eigenvalue weighted by atomic mass is 35.5. The number of halogens is 2. The maximum absolute atomic E-state index is 10.3. The average molecular weight is 401 g/mol. The van der Waals surface area contributed by atoms with Gasteiger partial charge in [0.1, 0.15) is 5.02 Å². The summed E-state index contributed by atoms with van der Waals surface area (Å²) in [7, 11) is 0. The number of carbonyl (C=O) groups excluding carboxylic acids is 2. The van der Waals surface area contributed by atoms with Crippen LogP contribution in [0.1, 0.15) is 0 Å². The lowest BCUT2D eigenvalue weighted by Gasteiger charge is -2.04. The second kappa shape index (κ2) is 9.91. The molecule has 10 nitrogen and oxygen atoms in total. The van der Waals surface area contributed by atoms with Crippen molar-refractivity contribution in [3.8, 4) is 0 Å². The first kappa shape index (κ1) is 20.8. The highest BCUT2D eigenvalue weighted by Crippen LogP contribution is 2.28. The zero-order valence-electron chi connectivity index (χ0n) is 12.7. The Kier molecular flexibility index (Phi) is 7.93. The van der Waals surface area contributed by atoms with Crippen LogP contribution in [0.4, 0.5) is 22.7 Å². The Morgan fingerprint density at radius 1 is 0.846 bits per heavy atom. The van der Waals surface area contributed by atoms with Crippen LogP contribution in [0.2, 0.25) is 10.0 Å². The van der Waals surface area contributed by atoms with Gasteiger partial charge in [0, 0.05) is 11.8 Å². The molecule has 0 aliphatic heterocycles. The van der Waals surface area contributed by atoms with Crippen molar-refractivity contribution >= 4 is 58.8 Å². The van der Waals surface area contributed by atoms with Gasteiger partial charge in [-0.25, -0.2) is 0 Å². The van der Waals surface area contributed by atoms with Crippen LogP contribution in [0.5, 0.6) is 0 Å². The monoisotopic (exact) mass is 400 g/mol. The van der Waals surface area contributed by atoms with Crippen LogP contribution in [0.25, 0.3) is 0 Å². The molecule has 26 heavy (non-hydrogen) atoms. The molecule has 0 spiro atoms. The number of carbonyl (C=O) groups is 2. The van der Waals surface area contributed by atoms with Gasteiger partial charge in [-0.1, -0.05) is 23.2 Å². The van der Waals surface area contributed by atoms with E-state index in [9.17, 15) is 29.8 Å². The van der Waals surface area contributed by atoms with Gasteiger partial charge in [0.05, 0.1) is 26.6 Å². The van der Waals surface area contributed by atoms with Crippen LogP contribution in [-0.4, -0.2) is 22.7 Å². The van der Waals surface area contributed by atoms with Gasteiger partial charge in [0.15, 0.2) is 0 Å². The van der Waals surface area contributed by atoms with Crippen molar-refractivity contribution in [1.29, 1.82) is 0 Å². The molecule has 0 bridgehead atoms. The Hall–Kier alpha value is -3.24. The number of hydrogen-bond acceptors (Lipinski definition) is 6. The average Bonchev–Trinajstić information content (AvgIpc) is 2.59. The minimum atomic E-state index is -0.769. The molecule has 12 heteroatoms. The molecular weight excluding hydrogens is 391 g/mol. The van der Waals surface area contributed by atoms with Crippen molar-refractivity contribution in [2.75, 3.05) is 10.6 Å². The smallest absolute Gasteiger partial charge is 0.294 e. The lowest BCUT2D eigenvalue weighted by molar-refractivity contribution is -0.394. The fourth-order valence-corrected chi connectivity index (χ4v) is 1.97. The number of anilines is 2. The quantitative estimate of drug-likeness (QED) is 0.430. The molecule has 0 unspecified atom stereocenters. The van der Waals surface area contributed by atoms with Crippen molar-refractivity contribution in [1.82, 2.24) is 0 Å². The first-order chi connectivity index (χ1) is 12.3. The molecule has 0 fully saturated rings. The number of nitrogens with one attached hydrogen (secondary N) is 2. The van der Waals surface area contributed by atoms with Crippen molar-refractivity contribution < 1.29 is 19.4 Å². The number of rotatable bonds is 6. The van der Waals surface area contributed by atoms with E-state index in [-0.39, 0.29) is 10.7 Å². The Morgan fingerprint density at radius 3 is 2.00 bits per heavy atom. The normalized spacial score (nSPS) is 9.31. The molecule has 136 valence electrons. The van der Waals surface area contributed by atoms with Crippen LogP contribution in [-0.2, 0) is 9.59 Å². The predicted molar refractivity (Wildman–Crippen MR) is 95.6 cm³/mol. The summed E-state index contributed by atoms with van der Waals surface area (Å²) in [6.07, 6.45) is 1.07. The lowest BCUT2D eigenvalue weighted by atomic mass is 10.3. The second-order valence-corrected chi connectivity index (χ2v) is 5.18. The molecule has 2 N–H and O–H groups in total. The predicted octanol–water partition coefficient (Wildman–Crippen LogP) is 3.63. The summed E-state index contributed by atoms with van der Waals surface area (Å²) in [6.45, 7) is 0. The molecule has 0 atom stereocenters. The number of nitro benzene ring substituents is 2. The minimum absolute atomic E-state index is 0.115. The number of benzene rings is 2. The lowest BCUT2D eigenvalue weighted by Crippen LogP contribution is -1.98. The van der Waals surface area contributed by atoms with Crippen molar-refractivity contribution in [3.05, 3.63) is 66.7 Å². The van der Waals surface area contributed by atoms with Gasteiger partial charge in [-0.3, -0.25) is 29.8 Å². The molecule has 2 rings (SSSR count). The standard InChI is InChI=1S/C8H7ClN2O2.C6H3ClN2O4/c9-7-2-1-6(10-4-12)3-8(7)11-5-13;7-5-2-1-4(8(10)11)3-6(5)9(12)13/h1-5H,(H,10,12)(H,11,13);1-3H. The molecule has 0 heterocycles. The van der Waals surface area contributed by atoms with Crippen LogP contribution in [0.3, 0.4) is 0 Å². The van der Waals surface area contributed by atoms with E-state index in [4.69, 9.17) is 23.2 Å². The third-order valence-corrected chi connectivity index (χ3v) is 3.39. The third-order valence-electron chi connectivity index (χ3n) is 2.74. The number of non-ortho nitro benzene ring substituents is 1. The van der Waals surface area contributed by atoms with E-state index in [0.29, 0.717) is 29.2 Å². The van der Waals surface area contributed by atoms with E-state index in [1.165, 1.54) is 0 Å². The molecule has 2 aromatic carbocycles. The summed E-state index contributed by atoms with van der Waals surface area (Å²) in [6, 6.07) is 7.83. The molecule has 0 radical (unpaired) electrons. The Balaban J connectivity index is 0.000000260. The van der Waals surface area contributed by atoms with Crippen molar-refractivity contribution in [3.63, 3.8) is 0 Å². The highest BCUT2D eigenvalue weighted by Gasteiger charge is 2.17. The second-order valence-electron chi connectivity index (χ2n) is 4.37. The van der Waals surface area contributed by atoms with Crippen LogP contribution in [0, 0.1) is 20.2 Å². The number of nitrogens with zero attached hydrogens (tertiary/aromatic N) is 2. The molecule has 2 aromatic rings. The van der Waals surface area contributed by atoms with Gasteiger partial charge in [-0.15, -0.1) is 0 Å². The zero-order valence-corrected chi connectivity index (χ0v) is 14.2. The number of amides is 2. The summed E-state index contributed by atoms with van der Waals surface area (Å²) < 4.78 is 0. The molecule has 0 saturated carbocycles. The molecule has 2 amide bonds. The van der Waals surface area contributed by atoms with E-state index in [1.807, 2.05) is 0 Å². The summed E-state index contributed by atoms with van der Waals surface area (Å²) in [5.41, 5.74) is 0.222. The SMILES string of the molecule is O=CNc1ccc(Cl)c(NC=O)c1.O=[N+]([O-])c1ccc(Cl)c([N+](=O)[O-])c1. The molecule has 0 aromatic heterocycles. The van der Waals surface area contributed by atoms with Crippen molar-refractivity contribution in [2.24, 2.45) is 0 Å². The van der Waals surface area contributed by atoms with Crippen LogP contribution < -0.4 is 10.6 Å². The topological polar surface area (TPSA) is 144 Å². The molecule has 0 saturated heterocycles. The van der Waals surface area contributed by atoms with E-state index in [1.54, 1.807) is 18.2 Å². The van der Waals surface area contributed by atoms with E-state index >= 15 is 0 Å². The van der Waals surface area contributed by atoms with E-state index in [0.717, 1.165) is 18.2 Å². The summed E-state index contributed by atoms with van der Waals surface area (Å²) in [4.78, 5) is 39.3. The van der Waals surface area contributed by atoms with Gasteiger partial charge in [-0.05, 0) is 24.3 Å². The Labute approximate surface area is 156 Å².